The summed E-state index contributed by atoms with van der Waals surface area (Å²) in [6, 6.07) is 0. The van der Waals surface area contributed by atoms with E-state index in [0.29, 0.717) is 0 Å². The Bertz CT molecular complexity index is 199. The maximum Gasteiger partial charge on any atom is 0.186 e. The molecule has 0 bridgehead atoms. The van der Waals surface area contributed by atoms with Crippen molar-refractivity contribution in [2.75, 3.05) is 13.3 Å². The van der Waals surface area contributed by atoms with Crippen molar-refractivity contribution in [1.29, 1.82) is 0 Å². The van der Waals surface area contributed by atoms with Crippen molar-refractivity contribution < 1.29 is 29.4 Å². The lowest BCUT2D eigenvalue weighted by Gasteiger charge is -2.38. The second-order valence-electron chi connectivity index (χ2n) is 3.06. The van der Waals surface area contributed by atoms with Crippen LogP contribution in [0.15, 0.2) is 0 Å². The highest BCUT2D eigenvalue weighted by Gasteiger charge is 2.43. The third-order valence-electron chi connectivity index (χ3n) is 2.16. The van der Waals surface area contributed by atoms with Gasteiger partial charge in [0.1, 0.15) is 18.3 Å². The van der Waals surface area contributed by atoms with E-state index in [1.165, 1.54) is 7.11 Å². The number of ether oxygens (including phenoxy) is 2. The fourth-order valence-electron chi connectivity index (χ4n) is 1.34. The average Bonchev–Trinajstić information content (AvgIpc) is 2.19. The van der Waals surface area contributed by atoms with Crippen molar-refractivity contribution in [1.82, 2.24) is 0 Å². The molecule has 0 unspecified atom stereocenters. The molecule has 0 saturated carbocycles. The number of rotatable bonds is 3. The highest BCUT2D eigenvalue weighted by molar-refractivity contribution is 7.23. The molecule has 0 amide bonds. The molecule has 1 aliphatic rings. The van der Waals surface area contributed by atoms with Gasteiger partial charge in [0.05, 0.1) is 12.3 Å². The first-order chi connectivity index (χ1) is 6.61. The molecule has 1 heterocycles. The summed E-state index contributed by atoms with van der Waals surface area (Å²) in [5, 5.41) is 28.2. The first-order valence-electron chi connectivity index (χ1n) is 4.13. The van der Waals surface area contributed by atoms with Gasteiger partial charge in [0.25, 0.3) is 0 Å². The van der Waals surface area contributed by atoms with E-state index < -0.39 is 30.7 Å². The summed E-state index contributed by atoms with van der Waals surface area (Å²) < 4.78 is 20.2. The number of aliphatic hydroxyl groups excluding tert-OH is 3. The molecule has 1 rings (SSSR count). The van der Waals surface area contributed by atoms with Gasteiger partial charge in [0, 0.05) is 7.11 Å². The van der Waals surface area contributed by atoms with Crippen LogP contribution in [0.25, 0.3) is 0 Å². The molecule has 5 atom stereocenters. The van der Waals surface area contributed by atoms with E-state index in [1.54, 1.807) is 0 Å². The van der Waals surface area contributed by atoms with Gasteiger partial charge in [0.2, 0.25) is 0 Å². The van der Waals surface area contributed by atoms with Gasteiger partial charge in [-0.3, -0.25) is 4.57 Å². The second kappa shape index (κ2) is 5.11. The Morgan fingerprint density at radius 1 is 1.29 bits per heavy atom. The monoisotopic (exact) mass is 224 g/mol. The Hall–Kier alpha value is -0.100. The van der Waals surface area contributed by atoms with E-state index in [2.05, 4.69) is 0 Å². The lowest BCUT2D eigenvalue weighted by Crippen LogP contribution is -2.58. The molecule has 0 spiro atoms. The summed E-state index contributed by atoms with van der Waals surface area (Å²) in [6.07, 6.45) is -5.64. The van der Waals surface area contributed by atoms with E-state index >= 15 is 0 Å². The normalized spacial score (nSPS) is 44.1. The minimum absolute atomic E-state index is 0.0464. The van der Waals surface area contributed by atoms with E-state index in [-0.39, 0.29) is 14.6 Å². The van der Waals surface area contributed by atoms with Crippen molar-refractivity contribution in [3.05, 3.63) is 0 Å². The Morgan fingerprint density at radius 2 is 1.93 bits per heavy atom. The van der Waals surface area contributed by atoms with Crippen LogP contribution in [0.3, 0.4) is 0 Å². The summed E-state index contributed by atoms with van der Waals surface area (Å²) in [7, 11) is 1.11. The summed E-state index contributed by atoms with van der Waals surface area (Å²) in [5.41, 5.74) is 0. The van der Waals surface area contributed by atoms with Crippen LogP contribution >= 0.6 is 8.46 Å². The molecular weight excluding hydrogens is 211 g/mol. The number of hydrogen-bond donors (Lipinski definition) is 3. The van der Waals surface area contributed by atoms with Crippen LogP contribution in [0.5, 0.6) is 0 Å². The first-order valence-corrected chi connectivity index (χ1v) is 5.13. The molecule has 0 aromatic rings. The van der Waals surface area contributed by atoms with Gasteiger partial charge in [-0.15, -0.1) is 0 Å². The third-order valence-corrected chi connectivity index (χ3v) is 2.66. The van der Waals surface area contributed by atoms with Gasteiger partial charge in [-0.05, 0) is 0 Å². The van der Waals surface area contributed by atoms with Gasteiger partial charge in [-0.1, -0.05) is 0 Å². The molecule has 0 aliphatic carbocycles. The van der Waals surface area contributed by atoms with Gasteiger partial charge in [-0.2, -0.15) is 0 Å². The largest absolute Gasteiger partial charge is 0.388 e. The molecule has 0 aromatic carbocycles. The molecule has 0 radical (unpaired) electrons. The van der Waals surface area contributed by atoms with Crippen LogP contribution in [-0.4, -0.2) is 59.3 Å². The molecule has 7 heteroatoms. The van der Waals surface area contributed by atoms with Crippen LogP contribution in [0.4, 0.5) is 0 Å². The van der Waals surface area contributed by atoms with Gasteiger partial charge >= 0.3 is 0 Å². The van der Waals surface area contributed by atoms with Gasteiger partial charge in [0.15, 0.2) is 14.8 Å². The minimum Gasteiger partial charge on any atom is -0.388 e. The zero-order valence-corrected chi connectivity index (χ0v) is 8.50. The molecule has 82 valence electrons. The molecule has 14 heavy (non-hydrogen) atoms. The van der Waals surface area contributed by atoms with Crippen LogP contribution in [0.2, 0.25) is 0 Å². The zero-order valence-electron chi connectivity index (χ0n) is 7.61. The number of methoxy groups -OCH3 is 1. The van der Waals surface area contributed by atoms with Crippen molar-refractivity contribution in [3.8, 4) is 0 Å². The van der Waals surface area contributed by atoms with Crippen LogP contribution in [0, 0.1) is 0 Å². The van der Waals surface area contributed by atoms with Crippen LogP contribution in [-0.2, 0) is 14.0 Å². The summed E-state index contributed by atoms with van der Waals surface area (Å²) in [4.78, 5) is 0. The Balaban J connectivity index is 2.67. The van der Waals surface area contributed by atoms with Gasteiger partial charge < -0.3 is 24.8 Å². The molecular formula is C7H13O6P. The highest BCUT2D eigenvalue weighted by Crippen LogP contribution is 2.23. The predicted octanol–water partition coefficient (Wildman–Crippen LogP) is -1.27. The second-order valence-corrected chi connectivity index (χ2v) is 3.69. The fraction of sp³-hybridized carbons (Fsp3) is 1.00. The highest BCUT2D eigenvalue weighted by atomic mass is 31.1. The Morgan fingerprint density at radius 3 is 2.43 bits per heavy atom. The van der Waals surface area contributed by atoms with E-state index in [9.17, 15) is 19.9 Å². The average molecular weight is 224 g/mol. The Kier molecular flexibility index (Phi) is 4.37. The van der Waals surface area contributed by atoms with Gasteiger partial charge in [-0.25, -0.2) is 0 Å². The van der Waals surface area contributed by atoms with Crippen molar-refractivity contribution in [2.45, 2.75) is 30.7 Å². The molecule has 1 saturated heterocycles. The minimum atomic E-state index is -1.35. The molecule has 0 aromatic heterocycles. The van der Waals surface area contributed by atoms with E-state index in [4.69, 9.17) is 9.47 Å². The lowest BCUT2D eigenvalue weighted by atomic mass is 10.00. The smallest absolute Gasteiger partial charge is 0.186 e. The maximum atomic E-state index is 10.3. The standard InChI is InChI=1S/C7H13O6P/c1-12-7-6(10)5(9)4(8)3(13-7)2-14-11/h3-10H,2H2,1H3/t3-,4-,5+,6-,7-/m1/s1. The maximum absolute atomic E-state index is 10.3. The lowest BCUT2D eigenvalue weighted by molar-refractivity contribution is -0.285. The van der Waals surface area contributed by atoms with Crippen LogP contribution < -0.4 is 0 Å². The van der Waals surface area contributed by atoms with Crippen molar-refractivity contribution in [3.63, 3.8) is 0 Å². The van der Waals surface area contributed by atoms with Crippen molar-refractivity contribution in [2.24, 2.45) is 0 Å². The van der Waals surface area contributed by atoms with E-state index in [0.717, 1.165) is 0 Å². The quantitative estimate of drug-likeness (QED) is 0.517. The molecule has 1 aliphatic heterocycles. The third kappa shape index (κ3) is 2.28. The summed E-state index contributed by atoms with van der Waals surface area (Å²) in [6.45, 7) is 0. The SMILES string of the molecule is CO[C@@H]1O[C@H](CP=O)[C@@H](O)[C@H](O)[C@H]1O. The first kappa shape index (κ1) is 12.0. The van der Waals surface area contributed by atoms with Crippen LogP contribution in [0.1, 0.15) is 0 Å². The zero-order chi connectivity index (χ0) is 10.7. The summed E-state index contributed by atoms with van der Waals surface area (Å²) >= 11 is 0. The fourth-order valence-corrected chi connectivity index (χ4v) is 1.78. The molecule has 3 N–H and O–H groups in total. The van der Waals surface area contributed by atoms with E-state index in [1.807, 2.05) is 0 Å². The number of aliphatic hydroxyl groups is 3. The topological polar surface area (TPSA) is 96.2 Å². The predicted molar refractivity (Wildman–Crippen MR) is 46.2 cm³/mol. The summed E-state index contributed by atoms with van der Waals surface area (Å²) in [5.74, 6) is 0. The molecule has 1 fully saturated rings. The Labute approximate surface area is 82.7 Å². The van der Waals surface area contributed by atoms with Crippen molar-refractivity contribution >= 4 is 8.46 Å². The number of hydrogen-bond acceptors (Lipinski definition) is 6. The molecule has 6 nitrogen and oxygen atoms in total.